The second kappa shape index (κ2) is 3.11. The van der Waals surface area contributed by atoms with Gasteiger partial charge in [0.2, 0.25) is 0 Å². The van der Waals surface area contributed by atoms with Crippen molar-refractivity contribution in [3.05, 3.63) is 24.0 Å². The van der Waals surface area contributed by atoms with Crippen molar-refractivity contribution in [2.24, 2.45) is 5.73 Å². The van der Waals surface area contributed by atoms with E-state index in [2.05, 4.69) is 10.3 Å². The van der Waals surface area contributed by atoms with Crippen LogP contribution in [0.25, 0.3) is 0 Å². The smallest absolute Gasteiger partial charge is 0.0801 e. The van der Waals surface area contributed by atoms with Crippen LogP contribution in [0.3, 0.4) is 0 Å². The molecule has 64 valence electrons. The Morgan fingerprint density at radius 1 is 1.58 bits per heavy atom. The lowest BCUT2D eigenvalue weighted by atomic mass is 10.1. The highest BCUT2D eigenvalue weighted by molar-refractivity contribution is 5.49. The van der Waals surface area contributed by atoms with Crippen LogP contribution in [0.1, 0.15) is 24.6 Å². The van der Waals surface area contributed by atoms with Crippen molar-refractivity contribution in [2.75, 3.05) is 11.9 Å². The molecule has 0 aromatic carbocycles. The molecular weight excluding hydrogens is 150 g/mol. The second-order valence-electron chi connectivity index (χ2n) is 3.11. The van der Waals surface area contributed by atoms with Gasteiger partial charge in [0.25, 0.3) is 0 Å². The zero-order chi connectivity index (χ0) is 8.39. The van der Waals surface area contributed by atoms with Gasteiger partial charge in [-0.3, -0.25) is 4.98 Å². The van der Waals surface area contributed by atoms with Gasteiger partial charge in [-0.05, 0) is 25.0 Å². The number of fused-ring (bicyclic) bond motifs is 1. The molecule has 1 atom stereocenters. The predicted octanol–water partition coefficient (Wildman–Crippen LogP) is 1.29. The van der Waals surface area contributed by atoms with Gasteiger partial charge in [-0.25, -0.2) is 0 Å². The van der Waals surface area contributed by atoms with Crippen molar-refractivity contribution < 1.29 is 0 Å². The number of aromatic nitrogens is 1. The fourth-order valence-corrected chi connectivity index (χ4v) is 1.54. The highest BCUT2D eigenvalue weighted by Gasteiger charge is 2.14. The van der Waals surface area contributed by atoms with Crippen molar-refractivity contribution in [1.82, 2.24) is 4.98 Å². The molecule has 1 aliphatic rings. The quantitative estimate of drug-likeness (QED) is 0.606. The Kier molecular flexibility index (Phi) is 1.96. The summed E-state index contributed by atoms with van der Waals surface area (Å²) in [4.78, 5) is 4.27. The maximum atomic E-state index is 5.94. The molecule has 0 bridgehead atoms. The maximum absolute atomic E-state index is 5.94. The standard InChI is InChI=1S/C9H13N3/c10-7-3-1-5-11-8-4-2-6-12-9(7)8/h2,4,6-7,11H,1,3,5,10H2/t7-/m1/s1. The fourth-order valence-electron chi connectivity index (χ4n) is 1.54. The van der Waals surface area contributed by atoms with Crippen LogP contribution in [0.2, 0.25) is 0 Å². The van der Waals surface area contributed by atoms with Crippen molar-refractivity contribution >= 4 is 5.69 Å². The molecule has 0 spiro atoms. The summed E-state index contributed by atoms with van der Waals surface area (Å²) in [5, 5.41) is 3.31. The Morgan fingerprint density at radius 3 is 3.42 bits per heavy atom. The van der Waals surface area contributed by atoms with Gasteiger partial charge in [0.15, 0.2) is 0 Å². The van der Waals surface area contributed by atoms with Crippen molar-refractivity contribution in [3.8, 4) is 0 Å². The molecule has 1 aromatic heterocycles. The van der Waals surface area contributed by atoms with Gasteiger partial charge in [-0.2, -0.15) is 0 Å². The van der Waals surface area contributed by atoms with E-state index in [9.17, 15) is 0 Å². The third-order valence-electron chi connectivity index (χ3n) is 2.20. The Morgan fingerprint density at radius 2 is 2.50 bits per heavy atom. The first-order valence-corrected chi connectivity index (χ1v) is 4.32. The van der Waals surface area contributed by atoms with Crippen LogP contribution in [-0.4, -0.2) is 11.5 Å². The molecule has 2 rings (SSSR count). The van der Waals surface area contributed by atoms with Crippen LogP contribution >= 0.6 is 0 Å². The average Bonchev–Trinajstić information content (AvgIpc) is 2.29. The Balaban J connectivity index is 2.39. The van der Waals surface area contributed by atoms with Crippen molar-refractivity contribution in [1.29, 1.82) is 0 Å². The molecular formula is C9H13N3. The molecule has 2 heterocycles. The highest BCUT2D eigenvalue weighted by Crippen LogP contribution is 2.24. The summed E-state index contributed by atoms with van der Waals surface area (Å²) in [5.41, 5.74) is 8.05. The molecule has 0 saturated heterocycles. The normalized spacial score (nSPS) is 22.2. The van der Waals surface area contributed by atoms with Crippen molar-refractivity contribution in [2.45, 2.75) is 18.9 Å². The minimum absolute atomic E-state index is 0.108. The molecule has 0 amide bonds. The van der Waals surface area contributed by atoms with Gasteiger partial charge in [0, 0.05) is 18.8 Å². The lowest BCUT2D eigenvalue weighted by Crippen LogP contribution is -2.11. The third kappa shape index (κ3) is 1.28. The van der Waals surface area contributed by atoms with Gasteiger partial charge in [-0.1, -0.05) is 0 Å². The van der Waals surface area contributed by atoms with E-state index in [-0.39, 0.29) is 6.04 Å². The highest BCUT2D eigenvalue weighted by atomic mass is 14.9. The van der Waals surface area contributed by atoms with E-state index in [1.807, 2.05) is 12.1 Å². The number of pyridine rings is 1. The number of rotatable bonds is 0. The molecule has 12 heavy (non-hydrogen) atoms. The SMILES string of the molecule is N[C@@H]1CCCNc2cccnc21. The van der Waals surface area contributed by atoms with Gasteiger partial charge in [0.1, 0.15) is 0 Å². The van der Waals surface area contributed by atoms with Crippen LogP contribution in [0, 0.1) is 0 Å². The summed E-state index contributed by atoms with van der Waals surface area (Å²) in [7, 11) is 0. The monoisotopic (exact) mass is 163 g/mol. The van der Waals surface area contributed by atoms with Gasteiger partial charge < -0.3 is 11.1 Å². The van der Waals surface area contributed by atoms with Crippen LogP contribution in [0.4, 0.5) is 5.69 Å². The minimum atomic E-state index is 0.108. The van der Waals surface area contributed by atoms with E-state index in [0.717, 1.165) is 30.8 Å². The second-order valence-corrected chi connectivity index (χ2v) is 3.11. The van der Waals surface area contributed by atoms with E-state index in [1.165, 1.54) is 0 Å². The lowest BCUT2D eigenvalue weighted by Gasteiger charge is -2.09. The van der Waals surface area contributed by atoms with Gasteiger partial charge >= 0.3 is 0 Å². The molecule has 3 N–H and O–H groups in total. The molecule has 3 nitrogen and oxygen atoms in total. The average molecular weight is 163 g/mol. The molecule has 0 aliphatic carbocycles. The summed E-state index contributed by atoms with van der Waals surface area (Å²) in [6.45, 7) is 1.01. The number of hydrogen-bond acceptors (Lipinski definition) is 3. The molecule has 0 fully saturated rings. The first kappa shape index (κ1) is 7.55. The molecule has 0 saturated carbocycles. The lowest BCUT2D eigenvalue weighted by molar-refractivity contribution is 0.628. The molecule has 0 unspecified atom stereocenters. The van der Waals surface area contributed by atoms with Crippen LogP contribution in [0.5, 0.6) is 0 Å². The van der Waals surface area contributed by atoms with E-state index >= 15 is 0 Å². The number of hydrogen-bond donors (Lipinski definition) is 2. The largest absolute Gasteiger partial charge is 0.384 e. The van der Waals surface area contributed by atoms with Gasteiger partial charge in [-0.15, -0.1) is 0 Å². The third-order valence-corrected chi connectivity index (χ3v) is 2.20. The summed E-state index contributed by atoms with van der Waals surface area (Å²) in [6.07, 6.45) is 3.94. The molecule has 3 heteroatoms. The summed E-state index contributed by atoms with van der Waals surface area (Å²) in [6, 6.07) is 4.08. The maximum Gasteiger partial charge on any atom is 0.0801 e. The Hall–Kier alpha value is -1.09. The van der Waals surface area contributed by atoms with E-state index < -0.39 is 0 Å². The topological polar surface area (TPSA) is 50.9 Å². The van der Waals surface area contributed by atoms with Crippen molar-refractivity contribution in [3.63, 3.8) is 0 Å². The van der Waals surface area contributed by atoms with E-state index in [4.69, 9.17) is 5.73 Å². The van der Waals surface area contributed by atoms with Gasteiger partial charge in [0.05, 0.1) is 11.4 Å². The molecule has 1 aromatic rings. The summed E-state index contributed by atoms with van der Waals surface area (Å²) < 4.78 is 0. The number of anilines is 1. The zero-order valence-corrected chi connectivity index (χ0v) is 6.96. The minimum Gasteiger partial charge on any atom is -0.384 e. The Bertz CT molecular complexity index is 272. The number of nitrogens with zero attached hydrogens (tertiary/aromatic N) is 1. The predicted molar refractivity (Wildman–Crippen MR) is 48.9 cm³/mol. The summed E-state index contributed by atoms with van der Waals surface area (Å²) in [5.74, 6) is 0. The van der Waals surface area contributed by atoms with E-state index in [0.29, 0.717) is 0 Å². The number of nitrogens with two attached hydrogens (primary N) is 1. The fraction of sp³-hybridized carbons (Fsp3) is 0.444. The van der Waals surface area contributed by atoms with Crippen LogP contribution < -0.4 is 11.1 Å². The molecule has 1 aliphatic heterocycles. The van der Waals surface area contributed by atoms with Crippen LogP contribution in [0.15, 0.2) is 18.3 Å². The molecule has 0 radical (unpaired) electrons. The van der Waals surface area contributed by atoms with E-state index in [1.54, 1.807) is 6.20 Å². The zero-order valence-electron chi connectivity index (χ0n) is 6.96. The first-order valence-electron chi connectivity index (χ1n) is 4.32. The Labute approximate surface area is 72.0 Å². The first-order chi connectivity index (χ1) is 5.88. The van der Waals surface area contributed by atoms with Crippen LogP contribution in [-0.2, 0) is 0 Å². The summed E-state index contributed by atoms with van der Waals surface area (Å²) >= 11 is 0. The number of nitrogens with one attached hydrogen (secondary N) is 1.